The molecule has 1 saturated carbocycles. The summed E-state index contributed by atoms with van der Waals surface area (Å²) in [5, 5.41) is 0. The predicted octanol–water partition coefficient (Wildman–Crippen LogP) is 1.51. The van der Waals surface area contributed by atoms with E-state index in [1.807, 2.05) is 0 Å². The lowest BCUT2D eigenvalue weighted by atomic mass is 10.1. The molecule has 14 heavy (non-hydrogen) atoms. The van der Waals surface area contributed by atoms with Gasteiger partial charge in [-0.2, -0.15) is 12.6 Å². The third-order valence-corrected chi connectivity index (χ3v) is 2.98. The number of ether oxygens (including phenoxy) is 1. The summed E-state index contributed by atoms with van der Waals surface area (Å²) in [6.45, 7) is 0. The predicted molar refractivity (Wildman–Crippen MR) is 59.4 cm³/mol. The van der Waals surface area contributed by atoms with Gasteiger partial charge in [0.05, 0.1) is 0 Å². The van der Waals surface area contributed by atoms with Crippen molar-refractivity contribution in [2.24, 2.45) is 5.73 Å². The number of carbonyl (C=O) groups is 1. The average molecular weight is 217 g/mol. The van der Waals surface area contributed by atoms with Crippen LogP contribution in [0.3, 0.4) is 0 Å². The molecule has 4 heteroatoms. The van der Waals surface area contributed by atoms with Gasteiger partial charge in [-0.1, -0.05) is 12.8 Å². The standard InChI is InChI=1S/C10H19NO2S/c11-9(7-14)10(12)13-8-5-3-1-2-4-6-8/h8-9,14H,1-7,11H2/t9-/m0/s1. The highest BCUT2D eigenvalue weighted by Crippen LogP contribution is 2.20. The van der Waals surface area contributed by atoms with Gasteiger partial charge < -0.3 is 10.5 Å². The van der Waals surface area contributed by atoms with Crippen LogP contribution in [0.5, 0.6) is 0 Å². The van der Waals surface area contributed by atoms with E-state index in [1.54, 1.807) is 0 Å². The molecule has 1 atom stereocenters. The van der Waals surface area contributed by atoms with Crippen molar-refractivity contribution >= 4 is 18.6 Å². The lowest BCUT2D eigenvalue weighted by Gasteiger charge is -2.17. The van der Waals surface area contributed by atoms with Crippen molar-refractivity contribution in [1.29, 1.82) is 0 Å². The maximum absolute atomic E-state index is 11.4. The minimum absolute atomic E-state index is 0.0935. The lowest BCUT2D eigenvalue weighted by Crippen LogP contribution is -2.36. The van der Waals surface area contributed by atoms with Crippen LogP contribution in [0.2, 0.25) is 0 Å². The van der Waals surface area contributed by atoms with Gasteiger partial charge in [0, 0.05) is 5.75 Å². The van der Waals surface area contributed by atoms with Crippen molar-refractivity contribution < 1.29 is 9.53 Å². The minimum atomic E-state index is -0.568. The molecule has 0 radical (unpaired) electrons. The largest absolute Gasteiger partial charge is 0.461 e. The number of nitrogens with two attached hydrogens (primary N) is 1. The fourth-order valence-corrected chi connectivity index (χ4v) is 1.84. The molecule has 1 rings (SSSR count). The van der Waals surface area contributed by atoms with Gasteiger partial charge in [-0.15, -0.1) is 0 Å². The molecule has 1 aliphatic carbocycles. The van der Waals surface area contributed by atoms with E-state index in [1.165, 1.54) is 12.8 Å². The second-order valence-electron chi connectivity index (χ2n) is 3.84. The number of esters is 1. The quantitative estimate of drug-likeness (QED) is 0.428. The van der Waals surface area contributed by atoms with Crippen molar-refractivity contribution in [1.82, 2.24) is 0 Å². The zero-order chi connectivity index (χ0) is 10.4. The van der Waals surface area contributed by atoms with Crippen molar-refractivity contribution in [3.8, 4) is 0 Å². The Kier molecular flexibility index (Phi) is 5.33. The highest BCUT2D eigenvalue weighted by molar-refractivity contribution is 7.80. The minimum Gasteiger partial charge on any atom is -0.461 e. The topological polar surface area (TPSA) is 52.3 Å². The molecule has 0 aliphatic heterocycles. The Balaban J connectivity index is 2.30. The first kappa shape index (κ1) is 11.9. The van der Waals surface area contributed by atoms with Crippen LogP contribution in [-0.2, 0) is 9.53 Å². The van der Waals surface area contributed by atoms with E-state index < -0.39 is 6.04 Å². The molecule has 1 aliphatic rings. The van der Waals surface area contributed by atoms with E-state index in [9.17, 15) is 4.79 Å². The van der Waals surface area contributed by atoms with Gasteiger partial charge in [0.25, 0.3) is 0 Å². The Hall–Kier alpha value is -0.220. The molecule has 3 nitrogen and oxygen atoms in total. The summed E-state index contributed by atoms with van der Waals surface area (Å²) in [5.41, 5.74) is 5.52. The molecule has 1 fully saturated rings. The Morgan fingerprint density at radius 2 is 1.93 bits per heavy atom. The molecule has 0 bridgehead atoms. The van der Waals surface area contributed by atoms with Gasteiger partial charge in [-0.25, -0.2) is 0 Å². The van der Waals surface area contributed by atoms with Crippen molar-refractivity contribution in [2.75, 3.05) is 5.75 Å². The Morgan fingerprint density at radius 3 is 2.43 bits per heavy atom. The smallest absolute Gasteiger partial charge is 0.324 e. The number of carbonyl (C=O) groups excluding carboxylic acids is 1. The maximum atomic E-state index is 11.4. The van der Waals surface area contributed by atoms with E-state index in [-0.39, 0.29) is 12.1 Å². The van der Waals surface area contributed by atoms with Crippen LogP contribution in [0.1, 0.15) is 38.5 Å². The molecule has 0 aromatic carbocycles. The van der Waals surface area contributed by atoms with Crippen LogP contribution in [0, 0.1) is 0 Å². The first-order valence-electron chi connectivity index (χ1n) is 5.31. The van der Waals surface area contributed by atoms with E-state index in [0.717, 1.165) is 25.7 Å². The highest BCUT2D eigenvalue weighted by atomic mass is 32.1. The fraction of sp³-hybridized carbons (Fsp3) is 0.900. The molecular formula is C10H19NO2S. The van der Waals surface area contributed by atoms with Crippen LogP contribution in [0.15, 0.2) is 0 Å². The maximum Gasteiger partial charge on any atom is 0.324 e. The average Bonchev–Trinajstić information content (AvgIpc) is 2.45. The summed E-state index contributed by atoms with van der Waals surface area (Å²) in [7, 11) is 0. The van der Waals surface area contributed by atoms with Crippen molar-refractivity contribution in [3.63, 3.8) is 0 Å². The van der Waals surface area contributed by atoms with Crippen molar-refractivity contribution in [2.45, 2.75) is 50.7 Å². The summed E-state index contributed by atoms with van der Waals surface area (Å²) in [6.07, 6.45) is 6.91. The molecule has 0 aromatic rings. The molecular weight excluding hydrogens is 198 g/mol. The second-order valence-corrected chi connectivity index (χ2v) is 4.20. The first-order chi connectivity index (χ1) is 6.74. The first-order valence-corrected chi connectivity index (χ1v) is 5.94. The van der Waals surface area contributed by atoms with Gasteiger partial charge >= 0.3 is 5.97 Å². The van der Waals surface area contributed by atoms with Crippen LogP contribution in [-0.4, -0.2) is 23.9 Å². The van der Waals surface area contributed by atoms with Crippen molar-refractivity contribution in [3.05, 3.63) is 0 Å². The van der Waals surface area contributed by atoms with Crippen LogP contribution in [0.4, 0.5) is 0 Å². The molecule has 0 heterocycles. The van der Waals surface area contributed by atoms with E-state index in [0.29, 0.717) is 5.75 Å². The SMILES string of the molecule is N[C@@H](CS)C(=O)OC1CCCCCC1. The van der Waals surface area contributed by atoms with E-state index >= 15 is 0 Å². The molecule has 0 unspecified atom stereocenters. The Labute approximate surface area is 90.8 Å². The Bertz CT molecular complexity index is 179. The van der Waals surface area contributed by atoms with Gasteiger partial charge in [0.15, 0.2) is 0 Å². The second kappa shape index (κ2) is 6.30. The van der Waals surface area contributed by atoms with E-state index in [2.05, 4.69) is 12.6 Å². The molecule has 0 aromatic heterocycles. The third kappa shape index (κ3) is 3.88. The normalized spacial score (nSPS) is 21.3. The zero-order valence-corrected chi connectivity index (χ0v) is 9.34. The molecule has 0 spiro atoms. The summed E-state index contributed by atoms with van der Waals surface area (Å²) < 4.78 is 5.31. The number of hydrogen-bond acceptors (Lipinski definition) is 4. The number of hydrogen-bond donors (Lipinski definition) is 2. The molecule has 82 valence electrons. The van der Waals surface area contributed by atoms with Crippen LogP contribution >= 0.6 is 12.6 Å². The van der Waals surface area contributed by atoms with E-state index in [4.69, 9.17) is 10.5 Å². The van der Waals surface area contributed by atoms with Gasteiger partial charge in [-0.3, -0.25) is 4.79 Å². The molecule has 0 amide bonds. The molecule has 0 saturated heterocycles. The number of thiol groups is 1. The van der Waals surface area contributed by atoms with Crippen LogP contribution in [0.25, 0.3) is 0 Å². The van der Waals surface area contributed by atoms with Crippen LogP contribution < -0.4 is 5.73 Å². The summed E-state index contributed by atoms with van der Waals surface area (Å²) in [6, 6.07) is -0.568. The lowest BCUT2D eigenvalue weighted by molar-refractivity contribution is -0.150. The van der Waals surface area contributed by atoms with Gasteiger partial charge in [-0.05, 0) is 25.7 Å². The summed E-state index contributed by atoms with van der Waals surface area (Å²) in [4.78, 5) is 11.4. The van der Waals surface area contributed by atoms with Gasteiger partial charge in [0.1, 0.15) is 12.1 Å². The summed E-state index contributed by atoms with van der Waals surface area (Å²) >= 11 is 3.97. The number of rotatable bonds is 3. The van der Waals surface area contributed by atoms with Gasteiger partial charge in [0.2, 0.25) is 0 Å². The third-order valence-electron chi connectivity index (χ3n) is 2.58. The zero-order valence-electron chi connectivity index (χ0n) is 8.45. The molecule has 2 N–H and O–H groups in total. The summed E-state index contributed by atoms with van der Waals surface area (Å²) in [5.74, 6) is 0.0536. The Morgan fingerprint density at radius 1 is 1.36 bits per heavy atom. The highest BCUT2D eigenvalue weighted by Gasteiger charge is 2.20. The monoisotopic (exact) mass is 217 g/mol. The fourth-order valence-electron chi connectivity index (χ4n) is 1.69.